The predicted octanol–water partition coefficient (Wildman–Crippen LogP) is 0.328. The van der Waals surface area contributed by atoms with Crippen LogP contribution in [-0.4, -0.2) is 37.2 Å². The van der Waals surface area contributed by atoms with E-state index in [1.54, 1.807) is 13.8 Å². The maximum atomic E-state index is 11.0. The highest BCUT2D eigenvalue weighted by Gasteiger charge is 2.08. The Bertz CT molecular complexity index is 228. The van der Waals surface area contributed by atoms with Crippen LogP contribution in [0.2, 0.25) is 0 Å². The standard InChI is InChI=1S/C12H24N2O4/c1-9(13)11(15)17-7-5-3-4-6-8-18-12(16)10(2)14/h9-10H,3-8,13-14H2,1-2H3/t9-,10-/m0/s1. The van der Waals surface area contributed by atoms with E-state index >= 15 is 0 Å². The smallest absolute Gasteiger partial charge is 0.322 e. The Morgan fingerprint density at radius 2 is 1.17 bits per heavy atom. The van der Waals surface area contributed by atoms with Gasteiger partial charge in [0.2, 0.25) is 0 Å². The van der Waals surface area contributed by atoms with Crippen LogP contribution in [0.4, 0.5) is 0 Å². The molecule has 6 heteroatoms. The van der Waals surface area contributed by atoms with Crippen LogP contribution >= 0.6 is 0 Å². The van der Waals surface area contributed by atoms with Crippen molar-refractivity contribution in [3.05, 3.63) is 0 Å². The van der Waals surface area contributed by atoms with E-state index < -0.39 is 12.1 Å². The van der Waals surface area contributed by atoms with Crippen molar-refractivity contribution in [2.24, 2.45) is 11.5 Å². The number of rotatable bonds is 9. The zero-order valence-corrected chi connectivity index (χ0v) is 11.2. The predicted molar refractivity (Wildman–Crippen MR) is 67.7 cm³/mol. The van der Waals surface area contributed by atoms with Crippen LogP contribution in [0.1, 0.15) is 39.5 Å². The molecule has 18 heavy (non-hydrogen) atoms. The lowest BCUT2D eigenvalue weighted by Crippen LogP contribution is -2.29. The monoisotopic (exact) mass is 260 g/mol. The molecular formula is C12H24N2O4. The Kier molecular flexibility index (Phi) is 9.22. The van der Waals surface area contributed by atoms with Crippen LogP contribution in [-0.2, 0) is 19.1 Å². The minimum absolute atomic E-state index is 0.374. The van der Waals surface area contributed by atoms with Crippen LogP contribution < -0.4 is 11.5 Å². The second kappa shape index (κ2) is 9.85. The van der Waals surface area contributed by atoms with Gasteiger partial charge in [-0.15, -0.1) is 0 Å². The Labute approximate surface area is 108 Å². The molecule has 0 saturated carbocycles. The molecule has 4 N–H and O–H groups in total. The third-order valence-electron chi connectivity index (χ3n) is 2.27. The summed E-state index contributed by atoms with van der Waals surface area (Å²) < 4.78 is 9.83. The lowest BCUT2D eigenvalue weighted by molar-refractivity contribution is -0.146. The zero-order chi connectivity index (χ0) is 14.0. The van der Waals surface area contributed by atoms with E-state index in [2.05, 4.69) is 0 Å². The van der Waals surface area contributed by atoms with E-state index in [1.165, 1.54) is 0 Å². The molecule has 0 fully saturated rings. The zero-order valence-electron chi connectivity index (χ0n) is 11.2. The van der Waals surface area contributed by atoms with Gasteiger partial charge >= 0.3 is 11.9 Å². The van der Waals surface area contributed by atoms with Gasteiger partial charge in [0.1, 0.15) is 12.1 Å². The van der Waals surface area contributed by atoms with Crippen LogP contribution in [0.5, 0.6) is 0 Å². The molecule has 0 saturated heterocycles. The number of carbonyl (C=O) groups is 2. The first-order valence-corrected chi connectivity index (χ1v) is 6.29. The van der Waals surface area contributed by atoms with Crippen molar-refractivity contribution in [1.29, 1.82) is 0 Å². The Morgan fingerprint density at radius 1 is 0.833 bits per heavy atom. The summed E-state index contributed by atoms with van der Waals surface area (Å²) in [4.78, 5) is 22.0. The molecule has 6 nitrogen and oxygen atoms in total. The lowest BCUT2D eigenvalue weighted by atomic mass is 10.2. The van der Waals surface area contributed by atoms with Gasteiger partial charge in [0.05, 0.1) is 13.2 Å². The molecule has 0 rings (SSSR count). The molecule has 0 aromatic heterocycles. The van der Waals surface area contributed by atoms with Crippen molar-refractivity contribution >= 4 is 11.9 Å². The summed E-state index contributed by atoms with van der Waals surface area (Å²) in [6, 6.07) is -1.13. The molecular weight excluding hydrogens is 236 g/mol. The van der Waals surface area contributed by atoms with Crippen molar-refractivity contribution < 1.29 is 19.1 Å². The first-order chi connectivity index (χ1) is 8.45. The van der Waals surface area contributed by atoms with E-state index in [0.29, 0.717) is 13.2 Å². The highest BCUT2D eigenvalue weighted by Crippen LogP contribution is 2.01. The maximum absolute atomic E-state index is 11.0. The van der Waals surface area contributed by atoms with E-state index in [0.717, 1.165) is 25.7 Å². The largest absolute Gasteiger partial charge is 0.465 e. The quantitative estimate of drug-likeness (QED) is 0.457. The normalized spacial score (nSPS) is 13.8. The molecule has 0 amide bonds. The number of unbranched alkanes of at least 4 members (excludes halogenated alkanes) is 3. The number of hydrogen-bond acceptors (Lipinski definition) is 6. The summed E-state index contributed by atoms with van der Waals surface area (Å²) >= 11 is 0. The number of nitrogens with two attached hydrogens (primary N) is 2. The van der Waals surface area contributed by atoms with E-state index in [1.807, 2.05) is 0 Å². The van der Waals surface area contributed by atoms with Gasteiger partial charge in [0.25, 0.3) is 0 Å². The second-order valence-corrected chi connectivity index (χ2v) is 4.33. The van der Waals surface area contributed by atoms with Crippen LogP contribution in [0.25, 0.3) is 0 Å². The van der Waals surface area contributed by atoms with E-state index in [9.17, 15) is 9.59 Å². The first-order valence-electron chi connectivity index (χ1n) is 6.29. The van der Waals surface area contributed by atoms with Gasteiger partial charge in [-0.05, 0) is 39.5 Å². The highest BCUT2D eigenvalue weighted by atomic mass is 16.5. The third kappa shape index (κ3) is 8.95. The van der Waals surface area contributed by atoms with Crippen LogP contribution in [0.15, 0.2) is 0 Å². The molecule has 0 aliphatic carbocycles. The molecule has 0 spiro atoms. The first kappa shape index (κ1) is 16.9. The number of carbonyl (C=O) groups excluding carboxylic acids is 2. The van der Waals surface area contributed by atoms with Gasteiger partial charge < -0.3 is 20.9 Å². The topological polar surface area (TPSA) is 105 Å². The Balaban J connectivity index is 3.27. The lowest BCUT2D eigenvalue weighted by Gasteiger charge is -2.08. The average Bonchev–Trinajstić information content (AvgIpc) is 2.31. The summed E-state index contributed by atoms with van der Waals surface area (Å²) in [5, 5.41) is 0. The summed E-state index contributed by atoms with van der Waals surface area (Å²) in [6.45, 7) is 3.96. The number of ether oxygens (including phenoxy) is 2. The fraction of sp³-hybridized carbons (Fsp3) is 0.833. The average molecular weight is 260 g/mol. The molecule has 0 aromatic carbocycles. The van der Waals surface area contributed by atoms with Gasteiger partial charge in [-0.2, -0.15) is 0 Å². The molecule has 0 heterocycles. The minimum atomic E-state index is -0.567. The van der Waals surface area contributed by atoms with E-state index in [-0.39, 0.29) is 11.9 Å². The number of hydrogen-bond donors (Lipinski definition) is 2. The summed E-state index contributed by atoms with van der Waals surface area (Å²) in [6.07, 6.45) is 3.42. The highest BCUT2D eigenvalue weighted by molar-refractivity contribution is 5.75. The van der Waals surface area contributed by atoms with Crippen molar-refractivity contribution in [2.75, 3.05) is 13.2 Å². The summed E-state index contributed by atoms with van der Waals surface area (Å²) in [7, 11) is 0. The second-order valence-electron chi connectivity index (χ2n) is 4.33. The van der Waals surface area contributed by atoms with Crippen LogP contribution in [0.3, 0.4) is 0 Å². The van der Waals surface area contributed by atoms with Crippen LogP contribution in [0, 0.1) is 0 Å². The molecule has 0 radical (unpaired) electrons. The van der Waals surface area contributed by atoms with Gasteiger partial charge in [-0.3, -0.25) is 9.59 Å². The van der Waals surface area contributed by atoms with Crippen molar-refractivity contribution in [1.82, 2.24) is 0 Å². The molecule has 2 atom stereocenters. The summed E-state index contributed by atoms with van der Waals surface area (Å²) in [5.74, 6) is -0.748. The van der Waals surface area contributed by atoms with Crippen molar-refractivity contribution in [2.45, 2.75) is 51.6 Å². The Morgan fingerprint density at radius 3 is 1.44 bits per heavy atom. The molecule has 0 bridgehead atoms. The van der Waals surface area contributed by atoms with Gasteiger partial charge in [0.15, 0.2) is 0 Å². The maximum Gasteiger partial charge on any atom is 0.322 e. The van der Waals surface area contributed by atoms with Crippen molar-refractivity contribution in [3.8, 4) is 0 Å². The molecule has 0 aliphatic rings. The fourth-order valence-corrected chi connectivity index (χ4v) is 1.17. The molecule has 106 valence electrons. The minimum Gasteiger partial charge on any atom is -0.465 e. The van der Waals surface area contributed by atoms with Gasteiger partial charge in [0, 0.05) is 0 Å². The molecule has 0 unspecified atom stereocenters. The fourth-order valence-electron chi connectivity index (χ4n) is 1.17. The van der Waals surface area contributed by atoms with Gasteiger partial charge in [-0.25, -0.2) is 0 Å². The number of esters is 2. The summed E-state index contributed by atoms with van der Waals surface area (Å²) in [5.41, 5.74) is 10.7. The van der Waals surface area contributed by atoms with E-state index in [4.69, 9.17) is 20.9 Å². The SMILES string of the molecule is C[C@H](N)C(=O)OCCCCCCOC(=O)[C@H](C)N. The third-order valence-corrected chi connectivity index (χ3v) is 2.27. The van der Waals surface area contributed by atoms with Gasteiger partial charge in [-0.1, -0.05) is 0 Å². The molecule has 0 aromatic rings. The van der Waals surface area contributed by atoms with Crippen molar-refractivity contribution in [3.63, 3.8) is 0 Å². The Hall–Kier alpha value is -1.14. The molecule has 0 aliphatic heterocycles.